The van der Waals surface area contributed by atoms with Crippen LogP contribution in [0.2, 0.25) is 0 Å². The van der Waals surface area contributed by atoms with Crippen LogP contribution in [0.5, 0.6) is 0 Å². The molecule has 1 aliphatic heterocycles. The molecule has 0 saturated heterocycles. The lowest BCUT2D eigenvalue weighted by Crippen LogP contribution is -2.25. The number of amides is 1. The molecule has 0 N–H and O–H groups in total. The smallest absolute Gasteiger partial charge is 0.280 e. The Bertz CT molecular complexity index is 1250. The van der Waals surface area contributed by atoms with Crippen molar-refractivity contribution in [1.82, 2.24) is 0 Å². The van der Waals surface area contributed by atoms with E-state index in [1.165, 1.54) is 13.0 Å². The monoisotopic (exact) mass is 544 g/mol. The fraction of sp³-hybridized carbons (Fsp3) is 0.0476. The van der Waals surface area contributed by atoms with Gasteiger partial charge in [-0.25, -0.2) is 22.0 Å². The summed E-state index contributed by atoms with van der Waals surface area (Å²) in [6.07, 6.45) is 1.28. The summed E-state index contributed by atoms with van der Waals surface area (Å²) in [6.45, 7) is 1.36. The maximum Gasteiger partial charge on any atom is 0.280 e. The van der Waals surface area contributed by atoms with Gasteiger partial charge in [0.15, 0.2) is 23.3 Å². The average Bonchev–Trinajstić information content (AvgIpc) is 3.32. The van der Waals surface area contributed by atoms with Gasteiger partial charge in [-0.2, -0.15) is 10.1 Å². The van der Waals surface area contributed by atoms with Crippen LogP contribution in [0.3, 0.4) is 0 Å². The fourth-order valence-electron chi connectivity index (χ4n) is 2.96. The molecule has 0 atom stereocenters. The third-order valence-corrected chi connectivity index (χ3v) is 5.22. The number of anilines is 1. The van der Waals surface area contributed by atoms with Gasteiger partial charge in [-0.1, -0.05) is 12.1 Å². The number of carbonyl (C=O) groups is 1. The predicted octanol–water partition coefficient (Wildman–Crippen LogP) is 6.05. The Balaban J connectivity index is 1.70. The van der Waals surface area contributed by atoms with E-state index in [1.807, 2.05) is 24.3 Å². The first-order valence-electron chi connectivity index (χ1n) is 8.68. The van der Waals surface area contributed by atoms with E-state index in [4.69, 9.17) is 4.42 Å². The minimum atomic E-state index is -2.32. The lowest BCUT2D eigenvalue weighted by Gasteiger charge is -2.14. The van der Waals surface area contributed by atoms with Crippen molar-refractivity contribution < 1.29 is 31.2 Å². The van der Waals surface area contributed by atoms with Gasteiger partial charge in [0.1, 0.15) is 17.2 Å². The molecule has 0 unspecified atom stereocenters. The predicted molar refractivity (Wildman–Crippen MR) is 112 cm³/mol. The van der Waals surface area contributed by atoms with E-state index in [-0.39, 0.29) is 22.1 Å². The molecule has 3 aromatic rings. The largest absolute Gasteiger partial charge is 0.457 e. The van der Waals surface area contributed by atoms with Gasteiger partial charge in [0.05, 0.1) is 11.3 Å². The molecule has 0 bridgehead atoms. The van der Waals surface area contributed by atoms with Crippen molar-refractivity contribution in [2.24, 2.45) is 5.10 Å². The van der Waals surface area contributed by atoms with Crippen LogP contribution < -0.4 is 5.01 Å². The topological polar surface area (TPSA) is 45.8 Å². The summed E-state index contributed by atoms with van der Waals surface area (Å²) in [7, 11) is 0. The van der Waals surface area contributed by atoms with E-state index in [2.05, 4.69) is 27.7 Å². The van der Waals surface area contributed by atoms with Crippen LogP contribution in [0, 0.1) is 32.7 Å². The first-order chi connectivity index (χ1) is 14.7. The van der Waals surface area contributed by atoms with Gasteiger partial charge in [0, 0.05) is 9.13 Å². The summed E-state index contributed by atoms with van der Waals surface area (Å²) < 4.78 is 75.3. The Hall–Kier alpha value is -3.02. The lowest BCUT2D eigenvalue weighted by molar-refractivity contribution is -0.114. The Morgan fingerprint density at radius 3 is 2.10 bits per heavy atom. The van der Waals surface area contributed by atoms with Crippen molar-refractivity contribution >= 4 is 46.0 Å². The molecule has 1 aliphatic rings. The number of hydrogen-bond acceptors (Lipinski definition) is 3. The summed E-state index contributed by atoms with van der Waals surface area (Å²) in [5.74, 6) is -11.3. The minimum absolute atomic E-state index is 0.0150. The average molecular weight is 544 g/mol. The van der Waals surface area contributed by atoms with Gasteiger partial charge < -0.3 is 4.42 Å². The number of hydrogen-bond donors (Lipinski definition) is 0. The standard InChI is InChI=1S/C21H10F5IN2O2/c1-9-13(8-12-6-7-14(31-12)10-2-4-11(27)5-3-10)21(30)29(28-9)20-18(25)16(23)15(22)17(24)19(20)26/h2-8H,1H3/b13-8+. The number of halogens is 6. The van der Waals surface area contributed by atoms with Crippen molar-refractivity contribution in [3.8, 4) is 11.3 Å². The fourth-order valence-corrected chi connectivity index (χ4v) is 3.32. The summed E-state index contributed by atoms with van der Waals surface area (Å²) in [5.41, 5.74) is -0.756. The summed E-state index contributed by atoms with van der Waals surface area (Å²) in [5, 5.41) is 3.83. The first-order valence-corrected chi connectivity index (χ1v) is 9.76. The molecule has 31 heavy (non-hydrogen) atoms. The van der Waals surface area contributed by atoms with Crippen molar-refractivity contribution in [3.63, 3.8) is 0 Å². The molecule has 4 nitrogen and oxygen atoms in total. The van der Waals surface area contributed by atoms with Gasteiger partial charge in [0.2, 0.25) is 5.82 Å². The number of hydrazone groups is 1. The third kappa shape index (κ3) is 3.64. The molecule has 0 radical (unpaired) electrons. The zero-order chi connectivity index (χ0) is 22.4. The third-order valence-electron chi connectivity index (χ3n) is 4.50. The highest BCUT2D eigenvalue weighted by molar-refractivity contribution is 14.1. The normalized spacial score (nSPS) is 15.2. The van der Waals surface area contributed by atoms with Crippen LogP contribution in [0.15, 0.2) is 51.5 Å². The lowest BCUT2D eigenvalue weighted by atomic mass is 10.1. The molecular weight excluding hydrogens is 534 g/mol. The second-order valence-corrected chi connectivity index (χ2v) is 7.73. The first kappa shape index (κ1) is 21.2. The van der Waals surface area contributed by atoms with Crippen LogP contribution >= 0.6 is 22.6 Å². The van der Waals surface area contributed by atoms with Crippen LogP contribution in [0.4, 0.5) is 27.6 Å². The molecule has 0 spiro atoms. The van der Waals surface area contributed by atoms with Gasteiger partial charge in [-0.05, 0) is 59.9 Å². The van der Waals surface area contributed by atoms with Crippen molar-refractivity contribution in [2.75, 3.05) is 5.01 Å². The highest BCUT2D eigenvalue weighted by atomic mass is 127. The summed E-state index contributed by atoms with van der Waals surface area (Å²) >= 11 is 2.16. The van der Waals surface area contributed by atoms with Crippen LogP contribution in [0.1, 0.15) is 12.7 Å². The molecule has 0 saturated carbocycles. The summed E-state index contributed by atoms with van der Waals surface area (Å²) in [6, 6.07) is 10.7. The molecule has 4 rings (SSSR count). The van der Waals surface area contributed by atoms with Crippen LogP contribution in [-0.4, -0.2) is 11.6 Å². The van der Waals surface area contributed by atoms with Gasteiger partial charge in [-0.3, -0.25) is 4.79 Å². The van der Waals surface area contributed by atoms with Crippen molar-refractivity contribution in [2.45, 2.75) is 6.92 Å². The molecule has 0 aliphatic carbocycles. The zero-order valence-corrected chi connectivity index (χ0v) is 17.7. The van der Waals surface area contributed by atoms with Gasteiger partial charge in [0.25, 0.3) is 5.91 Å². The summed E-state index contributed by atoms with van der Waals surface area (Å²) in [4.78, 5) is 12.7. The second kappa shape index (κ2) is 7.91. The molecular formula is C21H10F5IN2O2. The highest BCUT2D eigenvalue weighted by Crippen LogP contribution is 2.34. The number of carbonyl (C=O) groups excluding carboxylic acids is 1. The minimum Gasteiger partial charge on any atom is -0.457 e. The van der Waals surface area contributed by atoms with Gasteiger partial charge >= 0.3 is 0 Å². The van der Waals surface area contributed by atoms with Crippen LogP contribution in [0.25, 0.3) is 17.4 Å². The number of benzene rings is 2. The number of nitrogens with zero attached hydrogens (tertiary/aromatic N) is 2. The van der Waals surface area contributed by atoms with E-state index in [0.717, 1.165) is 9.13 Å². The van der Waals surface area contributed by atoms with Gasteiger partial charge in [-0.15, -0.1) is 0 Å². The Kier molecular flexibility index (Phi) is 5.42. The molecule has 10 heteroatoms. The Labute approximate surface area is 185 Å². The quantitative estimate of drug-likeness (QED) is 0.133. The van der Waals surface area contributed by atoms with Crippen LogP contribution in [-0.2, 0) is 4.79 Å². The molecule has 1 aromatic heterocycles. The maximum atomic E-state index is 14.1. The Morgan fingerprint density at radius 2 is 1.48 bits per heavy atom. The van der Waals surface area contributed by atoms with Crippen molar-refractivity contribution in [3.05, 3.63) is 80.4 Å². The van der Waals surface area contributed by atoms with E-state index in [9.17, 15) is 26.7 Å². The molecule has 1 amide bonds. The van der Waals surface area contributed by atoms with E-state index in [1.54, 1.807) is 12.1 Å². The van der Waals surface area contributed by atoms with E-state index < -0.39 is 40.7 Å². The Morgan fingerprint density at radius 1 is 0.903 bits per heavy atom. The molecule has 0 fully saturated rings. The van der Waals surface area contributed by atoms with E-state index >= 15 is 0 Å². The zero-order valence-electron chi connectivity index (χ0n) is 15.5. The second-order valence-electron chi connectivity index (χ2n) is 6.49. The number of furan rings is 1. The molecule has 2 heterocycles. The SMILES string of the molecule is CC1=NN(c2c(F)c(F)c(F)c(F)c2F)C(=O)/C1=C/c1ccc(-c2ccc(I)cc2)o1. The highest BCUT2D eigenvalue weighted by Gasteiger charge is 2.37. The maximum absolute atomic E-state index is 14.1. The number of rotatable bonds is 3. The van der Waals surface area contributed by atoms with Crippen molar-refractivity contribution in [1.29, 1.82) is 0 Å². The molecule has 158 valence electrons. The van der Waals surface area contributed by atoms with E-state index in [0.29, 0.717) is 5.76 Å². The molecule has 2 aromatic carbocycles.